The fraction of sp³-hybridized carbons (Fsp3) is 0. The SMILES string of the molecule is Nc1nc(N)c2cnc(/C=C/c3ccccc3)nc2n1. The van der Waals surface area contributed by atoms with Crippen molar-refractivity contribution in [3.8, 4) is 0 Å². The third kappa shape index (κ3) is 2.39. The van der Waals surface area contributed by atoms with Crippen molar-refractivity contribution < 1.29 is 0 Å². The molecule has 0 radical (unpaired) electrons. The van der Waals surface area contributed by atoms with E-state index in [0.29, 0.717) is 16.9 Å². The van der Waals surface area contributed by atoms with Crippen molar-refractivity contribution in [2.24, 2.45) is 0 Å². The van der Waals surface area contributed by atoms with E-state index in [1.54, 1.807) is 6.20 Å². The smallest absolute Gasteiger partial charge is 0.224 e. The Hall–Kier alpha value is -3.02. The fourth-order valence-electron chi connectivity index (χ4n) is 1.78. The summed E-state index contributed by atoms with van der Waals surface area (Å²) in [5.74, 6) is 0.927. The lowest BCUT2D eigenvalue weighted by atomic mass is 10.2. The molecule has 0 unspecified atom stereocenters. The normalized spacial score (nSPS) is 11.2. The quantitative estimate of drug-likeness (QED) is 0.730. The maximum atomic E-state index is 5.74. The van der Waals surface area contributed by atoms with Gasteiger partial charge < -0.3 is 11.5 Å². The van der Waals surface area contributed by atoms with Gasteiger partial charge in [-0.2, -0.15) is 9.97 Å². The monoisotopic (exact) mass is 264 g/mol. The molecule has 20 heavy (non-hydrogen) atoms. The number of aromatic nitrogens is 4. The zero-order valence-electron chi connectivity index (χ0n) is 10.6. The average molecular weight is 264 g/mol. The van der Waals surface area contributed by atoms with Gasteiger partial charge in [0.1, 0.15) is 5.82 Å². The van der Waals surface area contributed by atoms with E-state index in [1.165, 1.54) is 0 Å². The first-order valence-corrected chi connectivity index (χ1v) is 6.01. The van der Waals surface area contributed by atoms with Crippen molar-refractivity contribution in [1.82, 2.24) is 19.9 Å². The molecule has 0 aliphatic rings. The van der Waals surface area contributed by atoms with E-state index < -0.39 is 0 Å². The van der Waals surface area contributed by atoms with Gasteiger partial charge in [0.2, 0.25) is 5.95 Å². The van der Waals surface area contributed by atoms with E-state index in [4.69, 9.17) is 11.5 Å². The van der Waals surface area contributed by atoms with Crippen LogP contribution in [0.2, 0.25) is 0 Å². The van der Waals surface area contributed by atoms with Crippen LogP contribution in [0.4, 0.5) is 11.8 Å². The van der Waals surface area contributed by atoms with Crippen LogP contribution in [0.15, 0.2) is 36.5 Å². The van der Waals surface area contributed by atoms with Crippen LogP contribution >= 0.6 is 0 Å². The Balaban J connectivity index is 1.99. The fourth-order valence-corrected chi connectivity index (χ4v) is 1.78. The minimum atomic E-state index is 0.103. The number of rotatable bonds is 2. The van der Waals surface area contributed by atoms with Gasteiger partial charge in [0.05, 0.1) is 5.39 Å². The molecule has 1 aromatic carbocycles. The molecule has 6 nitrogen and oxygen atoms in total. The molecule has 0 saturated carbocycles. The number of hydrogen-bond donors (Lipinski definition) is 2. The maximum Gasteiger partial charge on any atom is 0.224 e. The van der Waals surface area contributed by atoms with Gasteiger partial charge in [-0.05, 0) is 11.6 Å². The highest BCUT2D eigenvalue weighted by Gasteiger charge is 2.05. The van der Waals surface area contributed by atoms with E-state index in [9.17, 15) is 0 Å². The molecule has 0 atom stereocenters. The first-order chi connectivity index (χ1) is 9.72. The van der Waals surface area contributed by atoms with Crippen LogP contribution in [0.5, 0.6) is 0 Å². The third-order valence-electron chi connectivity index (χ3n) is 2.74. The molecule has 0 spiro atoms. The van der Waals surface area contributed by atoms with Gasteiger partial charge in [-0.3, -0.25) is 0 Å². The molecule has 0 aliphatic heterocycles. The number of benzene rings is 1. The van der Waals surface area contributed by atoms with Gasteiger partial charge >= 0.3 is 0 Å². The van der Waals surface area contributed by atoms with Crippen molar-refractivity contribution >= 4 is 35.0 Å². The number of nitrogens with two attached hydrogens (primary N) is 2. The second-order valence-electron chi connectivity index (χ2n) is 4.18. The molecule has 6 heteroatoms. The summed E-state index contributed by atoms with van der Waals surface area (Å²) in [6.07, 6.45) is 5.33. The molecule has 3 rings (SSSR count). The first kappa shape index (κ1) is 12.0. The molecule has 0 fully saturated rings. The number of nitrogens with zero attached hydrogens (tertiary/aromatic N) is 4. The third-order valence-corrected chi connectivity index (χ3v) is 2.74. The van der Waals surface area contributed by atoms with Crippen molar-refractivity contribution in [3.05, 3.63) is 47.9 Å². The van der Waals surface area contributed by atoms with Crippen LogP contribution in [0, 0.1) is 0 Å². The lowest BCUT2D eigenvalue weighted by Crippen LogP contribution is -2.02. The summed E-state index contributed by atoms with van der Waals surface area (Å²) < 4.78 is 0. The zero-order chi connectivity index (χ0) is 13.9. The van der Waals surface area contributed by atoms with Crippen LogP contribution in [0.25, 0.3) is 23.2 Å². The van der Waals surface area contributed by atoms with Crippen LogP contribution in [-0.2, 0) is 0 Å². The summed E-state index contributed by atoms with van der Waals surface area (Å²) in [4.78, 5) is 16.4. The van der Waals surface area contributed by atoms with Crippen molar-refractivity contribution in [1.29, 1.82) is 0 Å². The first-order valence-electron chi connectivity index (χ1n) is 6.01. The molecular weight excluding hydrogens is 252 g/mol. The Morgan fingerprint density at radius 1 is 0.900 bits per heavy atom. The lowest BCUT2D eigenvalue weighted by Gasteiger charge is -2.01. The molecule has 2 heterocycles. The minimum Gasteiger partial charge on any atom is -0.383 e. The molecule has 2 aromatic heterocycles. The second-order valence-corrected chi connectivity index (χ2v) is 4.18. The van der Waals surface area contributed by atoms with Crippen molar-refractivity contribution in [2.45, 2.75) is 0 Å². The number of hydrogen-bond acceptors (Lipinski definition) is 6. The largest absolute Gasteiger partial charge is 0.383 e. The molecule has 0 aliphatic carbocycles. The molecule has 3 aromatic rings. The van der Waals surface area contributed by atoms with Gasteiger partial charge in [0.15, 0.2) is 11.5 Å². The zero-order valence-corrected chi connectivity index (χ0v) is 10.6. The Labute approximate surface area is 115 Å². The van der Waals surface area contributed by atoms with Crippen LogP contribution < -0.4 is 11.5 Å². The summed E-state index contributed by atoms with van der Waals surface area (Å²) >= 11 is 0. The molecule has 0 bridgehead atoms. The predicted molar refractivity (Wildman–Crippen MR) is 79.3 cm³/mol. The summed E-state index contributed by atoms with van der Waals surface area (Å²) in [5, 5.41) is 0.594. The van der Waals surface area contributed by atoms with E-state index in [-0.39, 0.29) is 11.8 Å². The second kappa shape index (κ2) is 4.93. The minimum absolute atomic E-state index is 0.103. The van der Waals surface area contributed by atoms with E-state index in [1.807, 2.05) is 42.5 Å². The van der Waals surface area contributed by atoms with Gasteiger partial charge in [-0.25, -0.2) is 9.97 Å². The summed E-state index contributed by atoms with van der Waals surface area (Å²) in [6.45, 7) is 0. The maximum absolute atomic E-state index is 5.74. The number of anilines is 2. The Bertz CT molecular complexity index is 782. The Morgan fingerprint density at radius 2 is 1.70 bits per heavy atom. The topological polar surface area (TPSA) is 104 Å². The van der Waals surface area contributed by atoms with E-state index >= 15 is 0 Å². The average Bonchev–Trinajstić information content (AvgIpc) is 2.45. The van der Waals surface area contributed by atoms with Gasteiger partial charge in [-0.1, -0.05) is 36.4 Å². The predicted octanol–water partition coefficient (Wildman–Crippen LogP) is 1.75. The van der Waals surface area contributed by atoms with Crippen LogP contribution in [0.3, 0.4) is 0 Å². The van der Waals surface area contributed by atoms with E-state index in [2.05, 4.69) is 19.9 Å². The highest BCUT2D eigenvalue weighted by atomic mass is 15.1. The summed E-state index contributed by atoms with van der Waals surface area (Å²) in [5.41, 5.74) is 12.8. The molecular formula is C14H12N6. The highest BCUT2D eigenvalue weighted by Crippen LogP contribution is 2.16. The van der Waals surface area contributed by atoms with Crippen molar-refractivity contribution in [2.75, 3.05) is 11.5 Å². The summed E-state index contributed by atoms with van der Waals surface area (Å²) in [7, 11) is 0. The van der Waals surface area contributed by atoms with Gasteiger partial charge in [0, 0.05) is 6.20 Å². The highest BCUT2D eigenvalue weighted by molar-refractivity contribution is 5.86. The van der Waals surface area contributed by atoms with Gasteiger partial charge in [0.25, 0.3) is 0 Å². The molecule has 98 valence electrons. The lowest BCUT2D eigenvalue weighted by molar-refractivity contribution is 1.13. The number of nitrogen functional groups attached to an aromatic ring is 2. The molecule has 4 N–H and O–H groups in total. The summed E-state index contributed by atoms with van der Waals surface area (Å²) in [6, 6.07) is 9.89. The molecule has 0 amide bonds. The standard InChI is InChI=1S/C14H12N6/c15-12-10-8-17-11(18-13(10)20-14(16)19-12)7-6-9-4-2-1-3-5-9/h1-8H,(H4,15,16,17,18,19,20)/b7-6+. The van der Waals surface area contributed by atoms with E-state index in [0.717, 1.165) is 5.56 Å². The Morgan fingerprint density at radius 3 is 2.50 bits per heavy atom. The number of fused-ring (bicyclic) bond motifs is 1. The Kier molecular flexibility index (Phi) is 2.96. The van der Waals surface area contributed by atoms with Crippen LogP contribution in [0.1, 0.15) is 11.4 Å². The van der Waals surface area contributed by atoms with Crippen molar-refractivity contribution in [3.63, 3.8) is 0 Å². The van der Waals surface area contributed by atoms with Crippen LogP contribution in [-0.4, -0.2) is 19.9 Å². The molecule has 0 saturated heterocycles. The van der Waals surface area contributed by atoms with Gasteiger partial charge in [-0.15, -0.1) is 0 Å².